The summed E-state index contributed by atoms with van der Waals surface area (Å²) in [7, 11) is 0. The Balaban J connectivity index is 1.46. The van der Waals surface area contributed by atoms with Gasteiger partial charge in [-0.25, -0.2) is 9.67 Å². The number of hydrogen-bond acceptors (Lipinski definition) is 4. The van der Waals surface area contributed by atoms with Crippen LogP contribution in [0.25, 0.3) is 15.9 Å². The van der Waals surface area contributed by atoms with E-state index in [1.807, 2.05) is 66.5 Å². The lowest BCUT2D eigenvalue weighted by molar-refractivity contribution is 0.306. The molecule has 0 aliphatic heterocycles. The monoisotopic (exact) mass is 321 g/mol. The van der Waals surface area contributed by atoms with E-state index in [2.05, 4.69) is 16.1 Å². The molecule has 0 atom stereocenters. The SMILES string of the molecule is Cc1cnn(-c2ccc(OCc3nc4ccccc4s3)cc2)c1. The quantitative estimate of drug-likeness (QED) is 0.560. The molecule has 4 rings (SSSR count). The van der Waals surface area contributed by atoms with Gasteiger partial charge in [0, 0.05) is 6.20 Å². The predicted molar refractivity (Wildman–Crippen MR) is 92.3 cm³/mol. The van der Waals surface area contributed by atoms with Crippen LogP contribution in [0.5, 0.6) is 5.75 Å². The molecule has 2 heterocycles. The Hall–Kier alpha value is -2.66. The first-order chi connectivity index (χ1) is 11.3. The van der Waals surface area contributed by atoms with E-state index >= 15 is 0 Å². The van der Waals surface area contributed by atoms with E-state index in [0.29, 0.717) is 6.61 Å². The molecule has 0 saturated heterocycles. The van der Waals surface area contributed by atoms with Crippen molar-refractivity contribution in [2.75, 3.05) is 0 Å². The number of para-hydroxylation sites is 1. The fraction of sp³-hybridized carbons (Fsp3) is 0.111. The molecule has 0 fully saturated rings. The Kier molecular flexibility index (Phi) is 3.55. The molecule has 4 nitrogen and oxygen atoms in total. The van der Waals surface area contributed by atoms with Gasteiger partial charge in [0.1, 0.15) is 17.4 Å². The molecule has 0 saturated carbocycles. The van der Waals surface area contributed by atoms with Crippen LogP contribution in [0.1, 0.15) is 10.6 Å². The average molecular weight is 321 g/mol. The zero-order valence-corrected chi connectivity index (χ0v) is 13.5. The first kappa shape index (κ1) is 14.0. The lowest BCUT2D eigenvalue weighted by atomic mass is 10.3. The smallest absolute Gasteiger partial charge is 0.140 e. The predicted octanol–water partition coefficient (Wildman–Crippen LogP) is 4.37. The summed E-state index contributed by atoms with van der Waals surface area (Å²) >= 11 is 1.67. The standard InChI is InChI=1S/C18H15N3OS/c1-13-10-19-21(11-13)14-6-8-15(9-7-14)22-12-18-20-16-4-2-3-5-17(16)23-18/h2-11H,12H2,1H3. The van der Waals surface area contributed by atoms with E-state index < -0.39 is 0 Å². The Bertz CT molecular complexity index is 907. The van der Waals surface area contributed by atoms with Crippen LogP contribution in [0, 0.1) is 6.92 Å². The second-order valence-corrected chi connectivity index (χ2v) is 6.44. The summed E-state index contributed by atoms with van der Waals surface area (Å²) in [4.78, 5) is 4.58. The molecule has 0 amide bonds. The maximum absolute atomic E-state index is 5.84. The van der Waals surface area contributed by atoms with Crippen molar-refractivity contribution < 1.29 is 4.74 Å². The molecule has 114 valence electrons. The number of benzene rings is 2. The van der Waals surface area contributed by atoms with Gasteiger partial charge in [-0.15, -0.1) is 11.3 Å². The van der Waals surface area contributed by atoms with Gasteiger partial charge in [0.2, 0.25) is 0 Å². The minimum atomic E-state index is 0.486. The lowest BCUT2D eigenvalue weighted by Gasteiger charge is -2.05. The summed E-state index contributed by atoms with van der Waals surface area (Å²) < 4.78 is 8.88. The minimum Gasteiger partial charge on any atom is -0.486 e. The van der Waals surface area contributed by atoms with Crippen LogP contribution in [0.15, 0.2) is 60.9 Å². The highest BCUT2D eigenvalue weighted by molar-refractivity contribution is 7.18. The number of hydrogen-bond donors (Lipinski definition) is 0. The highest BCUT2D eigenvalue weighted by Gasteiger charge is 2.04. The number of nitrogens with zero attached hydrogens (tertiary/aromatic N) is 3. The van der Waals surface area contributed by atoms with Gasteiger partial charge in [-0.2, -0.15) is 5.10 Å². The number of aromatic nitrogens is 3. The average Bonchev–Trinajstić information content (AvgIpc) is 3.19. The molecule has 23 heavy (non-hydrogen) atoms. The minimum absolute atomic E-state index is 0.486. The van der Waals surface area contributed by atoms with Crippen molar-refractivity contribution in [2.24, 2.45) is 0 Å². The number of ether oxygens (including phenoxy) is 1. The molecule has 0 N–H and O–H groups in total. The molecule has 0 spiro atoms. The maximum atomic E-state index is 5.84. The van der Waals surface area contributed by atoms with Gasteiger partial charge in [-0.05, 0) is 48.9 Å². The van der Waals surface area contributed by atoms with Crippen molar-refractivity contribution in [3.8, 4) is 11.4 Å². The Labute approximate surface area is 138 Å². The Morgan fingerprint density at radius 3 is 2.65 bits per heavy atom. The first-order valence-corrected chi connectivity index (χ1v) is 8.18. The van der Waals surface area contributed by atoms with Crippen LogP contribution in [0.3, 0.4) is 0 Å². The van der Waals surface area contributed by atoms with Gasteiger partial charge < -0.3 is 4.74 Å². The molecular weight excluding hydrogens is 306 g/mol. The third-order valence-corrected chi connectivity index (χ3v) is 4.52. The van der Waals surface area contributed by atoms with E-state index in [0.717, 1.165) is 27.5 Å². The molecule has 0 unspecified atom stereocenters. The Morgan fingerprint density at radius 2 is 1.91 bits per heavy atom. The number of thiazole rings is 1. The fourth-order valence-electron chi connectivity index (χ4n) is 2.38. The number of aryl methyl sites for hydroxylation is 1. The van der Waals surface area contributed by atoms with Crippen molar-refractivity contribution in [1.82, 2.24) is 14.8 Å². The lowest BCUT2D eigenvalue weighted by Crippen LogP contribution is -1.96. The molecule has 0 radical (unpaired) electrons. The van der Waals surface area contributed by atoms with Crippen molar-refractivity contribution >= 4 is 21.6 Å². The van der Waals surface area contributed by atoms with Crippen LogP contribution in [-0.2, 0) is 6.61 Å². The van der Waals surface area contributed by atoms with Crippen molar-refractivity contribution in [1.29, 1.82) is 0 Å². The molecule has 2 aromatic heterocycles. The van der Waals surface area contributed by atoms with Gasteiger partial charge in [-0.3, -0.25) is 0 Å². The van der Waals surface area contributed by atoms with E-state index in [9.17, 15) is 0 Å². The van der Waals surface area contributed by atoms with Crippen LogP contribution >= 0.6 is 11.3 Å². The molecule has 0 bridgehead atoms. The summed E-state index contributed by atoms with van der Waals surface area (Å²) in [5.41, 5.74) is 3.19. The molecule has 5 heteroatoms. The van der Waals surface area contributed by atoms with Crippen molar-refractivity contribution in [3.63, 3.8) is 0 Å². The van der Waals surface area contributed by atoms with E-state index in [-0.39, 0.29) is 0 Å². The zero-order chi connectivity index (χ0) is 15.6. The molecule has 0 aliphatic carbocycles. The summed E-state index contributed by atoms with van der Waals surface area (Å²) in [6, 6.07) is 16.1. The topological polar surface area (TPSA) is 39.9 Å². The molecule has 2 aromatic carbocycles. The molecular formula is C18H15N3OS. The summed E-state index contributed by atoms with van der Waals surface area (Å²) in [6.45, 7) is 2.51. The normalized spacial score (nSPS) is 11.0. The van der Waals surface area contributed by atoms with Gasteiger partial charge in [0.15, 0.2) is 0 Å². The van der Waals surface area contributed by atoms with E-state index in [4.69, 9.17) is 4.74 Å². The van der Waals surface area contributed by atoms with Gasteiger partial charge in [-0.1, -0.05) is 12.1 Å². The summed E-state index contributed by atoms with van der Waals surface area (Å²) in [5, 5.41) is 5.29. The third kappa shape index (κ3) is 2.96. The van der Waals surface area contributed by atoms with Crippen LogP contribution in [0.2, 0.25) is 0 Å². The third-order valence-electron chi connectivity index (χ3n) is 3.51. The van der Waals surface area contributed by atoms with Crippen molar-refractivity contribution in [2.45, 2.75) is 13.5 Å². The Morgan fingerprint density at radius 1 is 1.09 bits per heavy atom. The fourth-order valence-corrected chi connectivity index (χ4v) is 3.26. The maximum Gasteiger partial charge on any atom is 0.140 e. The van der Waals surface area contributed by atoms with E-state index in [1.54, 1.807) is 11.3 Å². The van der Waals surface area contributed by atoms with Crippen molar-refractivity contribution in [3.05, 3.63) is 71.5 Å². The second-order valence-electron chi connectivity index (χ2n) is 5.32. The van der Waals surface area contributed by atoms with Gasteiger partial charge >= 0.3 is 0 Å². The van der Waals surface area contributed by atoms with Crippen LogP contribution in [0.4, 0.5) is 0 Å². The van der Waals surface area contributed by atoms with Crippen LogP contribution < -0.4 is 4.74 Å². The number of fused-ring (bicyclic) bond motifs is 1. The summed E-state index contributed by atoms with van der Waals surface area (Å²) in [5.74, 6) is 0.830. The van der Waals surface area contributed by atoms with Gasteiger partial charge in [0.25, 0.3) is 0 Å². The highest BCUT2D eigenvalue weighted by atomic mass is 32.1. The first-order valence-electron chi connectivity index (χ1n) is 7.37. The second kappa shape index (κ2) is 5.85. The number of rotatable bonds is 4. The van der Waals surface area contributed by atoms with E-state index in [1.165, 1.54) is 4.70 Å². The zero-order valence-electron chi connectivity index (χ0n) is 12.6. The largest absolute Gasteiger partial charge is 0.486 e. The molecule has 0 aliphatic rings. The van der Waals surface area contributed by atoms with Crippen LogP contribution in [-0.4, -0.2) is 14.8 Å². The molecule has 4 aromatic rings. The highest BCUT2D eigenvalue weighted by Crippen LogP contribution is 2.23. The van der Waals surface area contributed by atoms with Gasteiger partial charge in [0.05, 0.1) is 22.1 Å². The summed E-state index contributed by atoms with van der Waals surface area (Å²) in [6.07, 6.45) is 3.84.